The van der Waals surface area contributed by atoms with Crippen LogP contribution in [0.4, 0.5) is 13.6 Å². The van der Waals surface area contributed by atoms with Crippen molar-refractivity contribution in [3.63, 3.8) is 0 Å². The molecule has 1 aromatic rings. The normalized spacial score (nSPS) is 21.1. The van der Waals surface area contributed by atoms with Crippen LogP contribution in [0.5, 0.6) is 0 Å². The van der Waals surface area contributed by atoms with Gasteiger partial charge in [0.05, 0.1) is 12.7 Å². The van der Waals surface area contributed by atoms with Crippen LogP contribution in [0, 0.1) is 11.6 Å². The summed E-state index contributed by atoms with van der Waals surface area (Å²) in [6.45, 7) is 5.84. The van der Waals surface area contributed by atoms with E-state index in [-0.39, 0.29) is 24.4 Å². The number of alkyl carbamates (subject to hydrolysis) is 1. The number of hydrogen-bond acceptors (Lipinski definition) is 3. The van der Waals surface area contributed by atoms with E-state index in [1.165, 1.54) is 6.07 Å². The van der Waals surface area contributed by atoms with Gasteiger partial charge in [0.1, 0.15) is 6.10 Å². The van der Waals surface area contributed by atoms with E-state index in [4.69, 9.17) is 9.47 Å². The molecule has 1 N–H and O–H groups in total. The average Bonchev–Trinajstić information content (AvgIpc) is 2.33. The molecular weight excluding hydrogens is 292 g/mol. The maximum absolute atomic E-state index is 13.0. The molecule has 0 spiro atoms. The number of ether oxygens (including phenoxy) is 2. The van der Waals surface area contributed by atoms with Crippen molar-refractivity contribution in [3.05, 3.63) is 35.4 Å². The highest BCUT2D eigenvalue weighted by Crippen LogP contribution is 2.27. The molecule has 1 amide bonds. The Labute approximate surface area is 128 Å². The molecule has 0 radical (unpaired) electrons. The molecule has 4 nitrogen and oxygen atoms in total. The lowest BCUT2D eigenvalue weighted by molar-refractivity contribution is -0.0823. The van der Waals surface area contributed by atoms with Crippen LogP contribution in [0.1, 0.15) is 39.2 Å². The summed E-state index contributed by atoms with van der Waals surface area (Å²) >= 11 is 0. The van der Waals surface area contributed by atoms with Crippen molar-refractivity contribution in [1.29, 1.82) is 0 Å². The number of carbonyl (C=O) groups excluding carboxylic acids is 1. The molecule has 2 rings (SSSR count). The van der Waals surface area contributed by atoms with Gasteiger partial charge in [-0.2, -0.15) is 0 Å². The summed E-state index contributed by atoms with van der Waals surface area (Å²) in [7, 11) is 0. The smallest absolute Gasteiger partial charge is 0.407 e. The lowest BCUT2D eigenvalue weighted by Crippen LogP contribution is -2.46. The molecule has 22 heavy (non-hydrogen) atoms. The molecule has 1 fully saturated rings. The predicted molar refractivity (Wildman–Crippen MR) is 77.3 cm³/mol. The molecule has 1 aliphatic rings. The van der Waals surface area contributed by atoms with Crippen molar-refractivity contribution >= 4 is 6.09 Å². The lowest BCUT2D eigenvalue weighted by Gasteiger charge is -2.35. The van der Waals surface area contributed by atoms with Crippen molar-refractivity contribution in [2.45, 2.75) is 58.0 Å². The minimum absolute atomic E-state index is 0.0273. The van der Waals surface area contributed by atoms with E-state index in [1.54, 1.807) is 0 Å². The summed E-state index contributed by atoms with van der Waals surface area (Å²) in [6, 6.07) is 3.69. The second kappa shape index (κ2) is 6.60. The first-order valence-electron chi connectivity index (χ1n) is 7.27. The van der Waals surface area contributed by atoms with Gasteiger partial charge < -0.3 is 14.8 Å². The molecule has 0 bridgehead atoms. The number of benzene rings is 1. The molecular formula is C16H21F2NO3. The van der Waals surface area contributed by atoms with Gasteiger partial charge in [-0.15, -0.1) is 0 Å². The largest absolute Gasteiger partial charge is 0.446 e. The molecule has 0 heterocycles. The molecule has 0 saturated heterocycles. The number of carbonyl (C=O) groups is 1. The molecule has 0 atom stereocenters. The standard InChI is InChI=1S/C16H21F2NO3/c1-16(2,3)19-15(20)22-12-7-11(8-12)21-9-10-4-5-13(17)14(18)6-10/h4-6,11-12H,7-9H2,1-3H3,(H,19,20). The van der Waals surface area contributed by atoms with Gasteiger partial charge in [-0.25, -0.2) is 13.6 Å². The third kappa shape index (κ3) is 4.94. The van der Waals surface area contributed by atoms with Gasteiger partial charge in [0.25, 0.3) is 0 Å². The molecule has 122 valence electrons. The summed E-state index contributed by atoms with van der Waals surface area (Å²) < 4.78 is 36.7. The molecule has 1 saturated carbocycles. The van der Waals surface area contributed by atoms with Gasteiger partial charge >= 0.3 is 6.09 Å². The zero-order chi connectivity index (χ0) is 16.3. The Hall–Kier alpha value is -1.69. The van der Waals surface area contributed by atoms with Gasteiger partial charge in [-0.1, -0.05) is 6.07 Å². The first-order valence-corrected chi connectivity index (χ1v) is 7.27. The fourth-order valence-corrected chi connectivity index (χ4v) is 2.08. The van der Waals surface area contributed by atoms with Crippen LogP contribution in [0.15, 0.2) is 18.2 Å². The van der Waals surface area contributed by atoms with E-state index in [2.05, 4.69) is 5.32 Å². The van der Waals surface area contributed by atoms with Crippen molar-refractivity contribution in [2.75, 3.05) is 0 Å². The fourth-order valence-electron chi connectivity index (χ4n) is 2.08. The number of amides is 1. The van der Waals surface area contributed by atoms with E-state index < -0.39 is 17.7 Å². The van der Waals surface area contributed by atoms with Crippen LogP contribution >= 0.6 is 0 Å². The Bertz CT molecular complexity index is 537. The Kier molecular flexibility index (Phi) is 5.01. The molecule has 0 aliphatic heterocycles. The average molecular weight is 313 g/mol. The Morgan fingerprint density at radius 3 is 2.50 bits per heavy atom. The Balaban J connectivity index is 1.67. The lowest BCUT2D eigenvalue weighted by atomic mass is 9.92. The van der Waals surface area contributed by atoms with Crippen LogP contribution in [0.2, 0.25) is 0 Å². The quantitative estimate of drug-likeness (QED) is 0.925. The van der Waals surface area contributed by atoms with Crippen LogP contribution in [-0.2, 0) is 16.1 Å². The maximum atomic E-state index is 13.0. The Morgan fingerprint density at radius 1 is 1.23 bits per heavy atom. The van der Waals surface area contributed by atoms with Crippen molar-refractivity contribution in [2.24, 2.45) is 0 Å². The SMILES string of the molecule is CC(C)(C)NC(=O)OC1CC(OCc2ccc(F)c(F)c2)C1. The predicted octanol–water partition coefficient (Wildman–Crippen LogP) is 3.54. The van der Waals surface area contributed by atoms with E-state index >= 15 is 0 Å². The van der Waals surface area contributed by atoms with Crippen molar-refractivity contribution in [1.82, 2.24) is 5.32 Å². The molecule has 1 aliphatic carbocycles. The number of halogens is 2. The second-order valence-corrected chi connectivity index (χ2v) is 6.56. The summed E-state index contributed by atoms with van der Waals surface area (Å²) in [6.07, 6.45) is 0.608. The summed E-state index contributed by atoms with van der Waals surface area (Å²) in [5, 5.41) is 2.72. The third-order valence-corrected chi connectivity index (χ3v) is 3.27. The van der Waals surface area contributed by atoms with Crippen LogP contribution in [0.3, 0.4) is 0 Å². The van der Waals surface area contributed by atoms with Crippen molar-refractivity contribution < 1.29 is 23.0 Å². The van der Waals surface area contributed by atoms with E-state index in [1.807, 2.05) is 20.8 Å². The van der Waals surface area contributed by atoms with Crippen LogP contribution in [-0.4, -0.2) is 23.8 Å². The zero-order valence-electron chi connectivity index (χ0n) is 13.0. The highest BCUT2D eigenvalue weighted by atomic mass is 19.2. The monoisotopic (exact) mass is 313 g/mol. The topological polar surface area (TPSA) is 47.6 Å². The van der Waals surface area contributed by atoms with Gasteiger partial charge in [-0.3, -0.25) is 0 Å². The highest BCUT2D eigenvalue weighted by molar-refractivity contribution is 5.68. The highest BCUT2D eigenvalue weighted by Gasteiger charge is 2.33. The maximum Gasteiger partial charge on any atom is 0.407 e. The molecule has 6 heteroatoms. The second-order valence-electron chi connectivity index (χ2n) is 6.56. The van der Waals surface area contributed by atoms with Crippen LogP contribution < -0.4 is 5.32 Å². The Morgan fingerprint density at radius 2 is 1.91 bits per heavy atom. The van der Waals surface area contributed by atoms with Gasteiger partial charge in [0.15, 0.2) is 11.6 Å². The number of nitrogens with one attached hydrogen (secondary N) is 1. The molecule has 1 aromatic carbocycles. The first-order chi connectivity index (χ1) is 10.2. The van der Waals surface area contributed by atoms with E-state index in [0.29, 0.717) is 18.4 Å². The minimum atomic E-state index is -0.880. The summed E-state index contributed by atoms with van der Waals surface area (Å²) in [5.74, 6) is -1.75. The minimum Gasteiger partial charge on any atom is -0.446 e. The number of hydrogen-bond donors (Lipinski definition) is 1. The molecule has 0 unspecified atom stereocenters. The van der Waals surface area contributed by atoms with Gasteiger partial charge in [-0.05, 0) is 38.5 Å². The van der Waals surface area contributed by atoms with Crippen LogP contribution in [0.25, 0.3) is 0 Å². The summed E-state index contributed by atoms with van der Waals surface area (Å²) in [4.78, 5) is 11.6. The zero-order valence-corrected chi connectivity index (χ0v) is 13.0. The number of rotatable bonds is 4. The van der Waals surface area contributed by atoms with Gasteiger partial charge in [0, 0.05) is 18.4 Å². The van der Waals surface area contributed by atoms with E-state index in [9.17, 15) is 13.6 Å². The summed E-state index contributed by atoms with van der Waals surface area (Å²) in [5.41, 5.74) is 0.248. The first kappa shape index (κ1) is 16.7. The van der Waals surface area contributed by atoms with Gasteiger partial charge in [0.2, 0.25) is 0 Å². The molecule has 0 aromatic heterocycles. The van der Waals surface area contributed by atoms with Crippen molar-refractivity contribution in [3.8, 4) is 0 Å². The fraction of sp³-hybridized carbons (Fsp3) is 0.562. The van der Waals surface area contributed by atoms with E-state index in [0.717, 1.165) is 12.1 Å². The third-order valence-electron chi connectivity index (χ3n) is 3.27.